The number of hydrogen-bond donors (Lipinski definition) is 1. The average Bonchev–Trinajstić information content (AvgIpc) is 2.94. The summed E-state index contributed by atoms with van der Waals surface area (Å²) >= 11 is 12.2. The minimum atomic E-state index is -4.19. The van der Waals surface area contributed by atoms with Crippen LogP contribution >= 0.6 is 23.2 Å². The summed E-state index contributed by atoms with van der Waals surface area (Å²) in [7, 11) is -4.19. The third-order valence-electron chi connectivity index (χ3n) is 6.65. The van der Waals surface area contributed by atoms with Crippen molar-refractivity contribution in [1.82, 2.24) is 10.2 Å². The highest BCUT2D eigenvalue weighted by Gasteiger charge is 2.33. The molecule has 10 heteroatoms. The summed E-state index contributed by atoms with van der Waals surface area (Å²) in [6.07, 6.45) is 1.60. The Kier molecular flexibility index (Phi) is 11.4. The lowest BCUT2D eigenvalue weighted by molar-refractivity contribution is -0.139. The van der Waals surface area contributed by atoms with Gasteiger partial charge in [0.15, 0.2) is 0 Å². The number of benzene rings is 3. The Bertz CT molecular complexity index is 1390. The maximum atomic E-state index is 14.0. The molecule has 3 rings (SSSR count). The topological polar surface area (TPSA) is 86.8 Å². The van der Waals surface area contributed by atoms with Crippen molar-refractivity contribution in [3.8, 4) is 0 Å². The van der Waals surface area contributed by atoms with Gasteiger partial charge in [0.05, 0.1) is 10.6 Å². The van der Waals surface area contributed by atoms with Gasteiger partial charge in [0.1, 0.15) is 12.6 Å². The zero-order valence-corrected chi connectivity index (χ0v) is 25.2. The minimum Gasteiger partial charge on any atom is -0.352 e. The van der Waals surface area contributed by atoms with Crippen LogP contribution in [-0.2, 0) is 26.0 Å². The molecular formula is C30H35Cl2N3O4S. The van der Waals surface area contributed by atoms with E-state index in [0.717, 1.165) is 16.3 Å². The second kappa shape index (κ2) is 14.5. The molecule has 0 aliphatic heterocycles. The molecule has 0 spiro atoms. The van der Waals surface area contributed by atoms with Gasteiger partial charge < -0.3 is 10.2 Å². The van der Waals surface area contributed by atoms with E-state index in [2.05, 4.69) is 5.32 Å². The molecule has 40 heavy (non-hydrogen) atoms. The van der Waals surface area contributed by atoms with Crippen molar-refractivity contribution in [3.63, 3.8) is 0 Å². The van der Waals surface area contributed by atoms with Gasteiger partial charge in [-0.2, -0.15) is 0 Å². The van der Waals surface area contributed by atoms with E-state index in [1.807, 2.05) is 51.1 Å². The molecule has 0 fully saturated rings. The fourth-order valence-electron chi connectivity index (χ4n) is 4.23. The monoisotopic (exact) mass is 603 g/mol. The van der Waals surface area contributed by atoms with E-state index < -0.39 is 28.5 Å². The first kappa shape index (κ1) is 31.5. The second-order valence-corrected chi connectivity index (χ2v) is 12.2. The summed E-state index contributed by atoms with van der Waals surface area (Å²) < 4.78 is 28.7. The number of anilines is 1. The Morgan fingerprint density at radius 2 is 1.55 bits per heavy atom. The van der Waals surface area contributed by atoms with E-state index in [1.165, 1.54) is 35.2 Å². The largest absolute Gasteiger partial charge is 0.352 e. The number of nitrogens with one attached hydrogen (secondary N) is 1. The Morgan fingerprint density at radius 3 is 2.15 bits per heavy atom. The van der Waals surface area contributed by atoms with Crippen molar-refractivity contribution in [2.45, 2.75) is 57.0 Å². The molecule has 0 bridgehead atoms. The van der Waals surface area contributed by atoms with Crippen LogP contribution in [-0.4, -0.2) is 50.3 Å². The summed E-state index contributed by atoms with van der Waals surface area (Å²) in [5, 5.41) is 3.68. The number of amides is 2. The van der Waals surface area contributed by atoms with Crippen LogP contribution in [0.5, 0.6) is 0 Å². The van der Waals surface area contributed by atoms with Crippen molar-refractivity contribution in [2.75, 3.05) is 17.4 Å². The number of hydrogen-bond acceptors (Lipinski definition) is 4. The molecule has 7 nitrogen and oxygen atoms in total. The van der Waals surface area contributed by atoms with E-state index in [0.29, 0.717) is 22.9 Å². The molecule has 0 saturated heterocycles. The predicted octanol–water partition coefficient (Wildman–Crippen LogP) is 5.95. The van der Waals surface area contributed by atoms with Crippen LogP contribution in [0.4, 0.5) is 5.69 Å². The summed E-state index contributed by atoms with van der Waals surface area (Å²) in [6, 6.07) is 20.8. The van der Waals surface area contributed by atoms with Gasteiger partial charge in [0, 0.05) is 22.6 Å². The molecule has 0 unspecified atom stereocenters. The van der Waals surface area contributed by atoms with Crippen LogP contribution in [0.2, 0.25) is 10.0 Å². The molecule has 1 N–H and O–H groups in total. The summed E-state index contributed by atoms with van der Waals surface area (Å²) in [5.74, 6) is -0.771. The van der Waals surface area contributed by atoms with Gasteiger partial charge in [-0.3, -0.25) is 13.9 Å². The third kappa shape index (κ3) is 8.22. The molecule has 0 saturated carbocycles. The molecule has 0 aromatic heterocycles. The van der Waals surface area contributed by atoms with Crippen LogP contribution < -0.4 is 9.62 Å². The standard InChI is InChI=1S/C30H35Cl2N3O4S/c1-4-22(3)33-30(37)28(5-2)34(19-18-23-10-7-6-8-11-23)29(36)21-35(26-13-9-12-25(32)20-26)40(38,39)27-16-14-24(31)15-17-27/h6-17,20,22,28H,4-5,18-19,21H2,1-3H3,(H,33,37)/t22-,28-/m0/s1. The third-order valence-corrected chi connectivity index (χ3v) is 8.92. The van der Waals surface area contributed by atoms with Crippen LogP contribution in [0, 0.1) is 0 Å². The van der Waals surface area contributed by atoms with Crippen molar-refractivity contribution in [2.24, 2.45) is 0 Å². The number of halogens is 2. The van der Waals surface area contributed by atoms with Gasteiger partial charge >= 0.3 is 0 Å². The zero-order valence-electron chi connectivity index (χ0n) is 22.9. The fraction of sp³-hybridized carbons (Fsp3) is 0.333. The van der Waals surface area contributed by atoms with Crippen molar-refractivity contribution in [1.29, 1.82) is 0 Å². The fourth-order valence-corrected chi connectivity index (χ4v) is 5.95. The Hall–Kier alpha value is -3.07. The van der Waals surface area contributed by atoms with Gasteiger partial charge in [-0.1, -0.05) is 73.4 Å². The molecule has 3 aromatic rings. The van der Waals surface area contributed by atoms with Crippen LogP contribution in [0.15, 0.2) is 83.8 Å². The average molecular weight is 605 g/mol. The van der Waals surface area contributed by atoms with Crippen molar-refractivity contribution < 1.29 is 18.0 Å². The first-order chi connectivity index (χ1) is 19.1. The van der Waals surface area contributed by atoms with E-state index in [4.69, 9.17) is 23.2 Å². The van der Waals surface area contributed by atoms with Crippen LogP contribution in [0.25, 0.3) is 0 Å². The van der Waals surface area contributed by atoms with Gasteiger partial charge in [-0.25, -0.2) is 8.42 Å². The maximum Gasteiger partial charge on any atom is 0.264 e. The Labute approximate surface area is 247 Å². The molecule has 2 amide bonds. The highest BCUT2D eigenvalue weighted by atomic mass is 35.5. The SMILES string of the molecule is CC[C@H](C)NC(=O)[C@H](CC)N(CCc1ccccc1)C(=O)CN(c1cccc(Cl)c1)S(=O)(=O)c1ccc(Cl)cc1. The lowest BCUT2D eigenvalue weighted by Crippen LogP contribution is -2.54. The quantitative estimate of drug-likeness (QED) is 0.261. The first-order valence-electron chi connectivity index (χ1n) is 13.2. The number of carbonyl (C=O) groups excluding carboxylic acids is 2. The summed E-state index contributed by atoms with van der Waals surface area (Å²) in [6.45, 7) is 5.42. The second-order valence-electron chi connectivity index (χ2n) is 9.51. The van der Waals surface area contributed by atoms with E-state index in [-0.39, 0.29) is 29.1 Å². The molecule has 2 atom stereocenters. The number of rotatable bonds is 13. The van der Waals surface area contributed by atoms with Gasteiger partial charge in [-0.15, -0.1) is 0 Å². The van der Waals surface area contributed by atoms with Crippen molar-refractivity contribution in [3.05, 3.63) is 94.5 Å². The molecule has 0 aliphatic carbocycles. The molecular weight excluding hydrogens is 569 g/mol. The number of sulfonamides is 1. The first-order valence-corrected chi connectivity index (χ1v) is 15.4. The predicted molar refractivity (Wildman–Crippen MR) is 161 cm³/mol. The van der Waals surface area contributed by atoms with Gasteiger partial charge in [-0.05, 0) is 74.2 Å². The Balaban J connectivity index is 2.01. The number of nitrogens with zero attached hydrogens (tertiary/aromatic N) is 2. The van der Waals surface area contributed by atoms with Gasteiger partial charge in [0.25, 0.3) is 10.0 Å². The lowest BCUT2D eigenvalue weighted by Gasteiger charge is -2.33. The highest BCUT2D eigenvalue weighted by molar-refractivity contribution is 7.92. The molecule has 0 radical (unpaired) electrons. The van der Waals surface area contributed by atoms with E-state index >= 15 is 0 Å². The van der Waals surface area contributed by atoms with Crippen LogP contribution in [0.1, 0.15) is 39.2 Å². The molecule has 214 valence electrons. The zero-order chi connectivity index (χ0) is 29.3. The molecule has 3 aromatic carbocycles. The normalized spacial score (nSPS) is 12.8. The Morgan fingerprint density at radius 1 is 0.875 bits per heavy atom. The van der Waals surface area contributed by atoms with E-state index in [1.54, 1.807) is 18.2 Å². The molecule has 0 aliphatic rings. The summed E-state index contributed by atoms with van der Waals surface area (Å²) in [5.41, 5.74) is 1.23. The van der Waals surface area contributed by atoms with Crippen LogP contribution in [0.3, 0.4) is 0 Å². The lowest BCUT2D eigenvalue weighted by atomic mass is 10.1. The smallest absolute Gasteiger partial charge is 0.264 e. The van der Waals surface area contributed by atoms with Crippen molar-refractivity contribution >= 4 is 50.7 Å². The van der Waals surface area contributed by atoms with Gasteiger partial charge in [0.2, 0.25) is 11.8 Å². The molecule has 0 heterocycles. The summed E-state index contributed by atoms with van der Waals surface area (Å²) in [4.78, 5) is 28.8. The van der Waals surface area contributed by atoms with E-state index in [9.17, 15) is 18.0 Å². The minimum absolute atomic E-state index is 0.0259. The highest BCUT2D eigenvalue weighted by Crippen LogP contribution is 2.27. The maximum absolute atomic E-state index is 14.0. The number of carbonyl (C=O) groups is 2.